The van der Waals surface area contributed by atoms with Gasteiger partial charge in [-0.05, 0) is 30.2 Å². The summed E-state index contributed by atoms with van der Waals surface area (Å²) >= 11 is 0. The van der Waals surface area contributed by atoms with Gasteiger partial charge in [-0.25, -0.2) is 0 Å². The van der Waals surface area contributed by atoms with Crippen molar-refractivity contribution in [2.75, 3.05) is 18.0 Å². The van der Waals surface area contributed by atoms with Crippen molar-refractivity contribution in [1.82, 2.24) is 0 Å². The van der Waals surface area contributed by atoms with Crippen molar-refractivity contribution in [2.45, 2.75) is 6.92 Å². The second-order valence-corrected chi connectivity index (χ2v) is 4.32. The second kappa shape index (κ2) is 6.06. The third-order valence-corrected chi connectivity index (χ3v) is 3.07. The maximum absolute atomic E-state index is 4.20. The van der Waals surface area contributed by atoms with E-state index in [1.807, 2.05) is 12.1 Å². The number of anilines is 1. The van der Waals surface area contributed by atoms with Crippen LogP contribution in [0.25, 0.3) is 5.57 Å². The van der Waals surface area contributed by atoms with Crippen LogP contribution in [0.15, 0.2) is 67.2 Å². The minimum Gasteiger partial charge on any atom is -0.367 e. The Kier molecular flexibility index (Phi) is 4.19. The monoisotopic (exact) mass is 237 g/mol. The molecule has 18 heavy (non-hydrogen) atoms. The van der Waals surface area contributed by atoms with Crippen molar-refractivity contribution in [3.8, 4) is 0 Å². The van der Waals surface area contributed by atoms with Crippen molar-refractivity contribution in [1.29, 1.82) is 0 Å². The van der Waals surface area contributed by atoms with Gasteiger partial charge >= 0.3 is 0 Å². The molecular weight excluding hydrogens is 218 g/mol. The zero-order chi connectivity index (χ0) is 12.8. The van der Waals surface area contributed by atoms with Crippen molar-refractivity contribution in [3.63, 3.8) is 0 Å². The maximum Gasteiger partial charge on any atom is 0.0429 e. The molecule has 0 radical (unpaired) electrons. The third kappa shape index (κ3) is 3.01. The largest absolute Gasteiger partial charge is 0.367 e. The zero-order valence-electron chi connectivity index (χ0n) is 10.8. The van der Waals surface area contributed by atoms with E-state index in [9.17, 15) is 0 Å². The summed E-state index contributed by atoms with van der Waals surface area (Å²) in [6, 6.07) is 20.8. The number of para-hydroxylation sites is 1. The molecule has 2 aromatic rings. The Hall–Kier alpha value is -2.02. The number of hydrogen-bond acceptors (Lipinski definition) is 1. The third-order valence-electron chi connectivity index (χ3n) is 3.07. The molecule has 0 heterocycles. The molecule has 92 valence electrons. The van der Waals surface area contributed by atoms with Gasteiger partial charge in [0, 0.05) is 18.8 Å². The first-order chi connectivity index (χ1) is 8.81. The molecule has 0 saturated heterocycles. The van der Waals surface area contributed by atoms with Crippen LogP contribution in [0.1, 0.15) is 12.5 Å². The van der Waals surface area contributed by atoms with Gasteiger partial charge in [-0.1, -0.05) is 55.1 Å². The van der Waals surface area contributed by atoms with E-state index in [0.29, 0.717) is 0 Å². The lowest BCUT2D eigenvalue weighted by molar-refractivity contribution is 0.915. The summed E-state index contributed by atoms with van der Waals surface area (Å²) in [5, 5.41) is 0. The lowest BCUT2D eigenvalue weighted by Gasteiger charge is -2.24. The van der Waals surface area contributed by atoms with Crippen LogP contribution in [0.5, 0.6) is 0 Å². The Labute approximate surface area is 109 Å². The minimum atomic E-state index is 0.866. The summed E-state index contributed by atoms with van der Waals surface area (Å²) in [7, 11) is 0. The second-order valence-electron chi connectivity index (χ2n) is 4.32. The van der Waals surface area contributed by atoms with Gasteiger partial charge in [0.05, 0.1) is 0 Å². The highest BCUT2D eigenvalue weighted by atomic mass is 15.1. The highest BCUT2D eigenvalue weighted by molar-refractivity contribution is 5.68. The lowest BCUT2D eigenvalue weighted by Crippen LogP contribution is -2.24. The van der Waals surface area contributed by atoms with Crippen LogP contribution < -0.4 is 4.90 Å². The van der Waals surface area contributed by atoms with Crippen LogP contribution in [0.2, 0.25) is 0 Å². The van der Waals surface area contributed by atoms with E-state index >= 15 is 0 Å². The first kappa shape index (κ1) is 12.4. The molecule has 0 spiro atoms. The minimum absolute atomic E-state index is 0.866. The number of nitrogens with zero attached hydrogens (tertiary/aromatic N) is 1. The molecule has 0 fully saturated rings. The summed E-state index contributed by atoms with van der Waals surface area (Å²) in [4.78, 5) is 2.33. The van der Waals surface area contributed by atoms with Crippen molar-refractivity contribution < 1.29 is 0 Å². The van der Waals surface area contributed by atoms with Crippen molar-refractivity contribution in [2.24, 2.45) is 0 Å². The molecule has 1 nitrogen and oxygen atoms in total. The van der Waals surface area contributed by atoms with E-state index in [0.717, 1.165) is 18.7 Å². The highest BCUT2D eigenvalue weighted by Gasteiger charge is 2.06. The number of rotatable bonds is 5. The van der Waals surface area contributed by atoms with Gasteiger partial charge in [0.2, 0.25) is 0 Å². The van der Waals surface area contributed by atoms with Gasteiger partial charge in [0.15, 0.2) is 0 Å². The standard InChI is InChI=1S/C17H19N/c1-3-18(17-12-8-5-9-13-17)14-15(2)16-10-6-4-7-11-16/h4-13H,2-3,14H2,1H3. The maximum atomic E-state index is 4.20. The Morgan fingerprint density at radius 2 is 1.50 bits per heavy atom. The van der Waals surface area contributed by atoms with E-state index in [-0.39, 0.29) is 0 Å². The highest BCUT2D eigenvalue weighted by Crippen LogP contribution is 2.18. The molecule has 0 saturated carbocycles. The summed E-state index contributed by atoms with van der Waals surface area (Å²) < 4.78 is 0. The SMILES string of the molecule is C=C(CN(CC)c1ccccc1)c1ccccc1. The van der Waals surface area contributed by atoms with Crippen LogP contribution in [0.4, 0.5) is 5.69 Å². The molecule has 0 aliphatic carbocycles. The Bertz CT molecular complexity index is 488. The number of hydrogen-bond donors (Lipinski definition) is 0. The normalized spacial score (nSPS) is 10.1. The molecule has 0 amide bonds. The molecule has 0 atom stereocenters. The Morgan fingerprint density at radius 1 is 0.944 bits per heavy atom. The molecule has 0 N–H and O–H groups in total. The topological polar surface area (TPSA) is 3.24 Å². The fourth-order valence-electron chi connectivity index (χ4n) is 2.02. The van der Waals surface area contributed by atoms with Crippen LogP contribution >= 0.6 is 0 Å². The van der Waals surface area contributed by atoms with Crippen LogP contribution in [-0.4, -0.2) is 13.1 Å². The fraction of sp³-hybridized carbons (Fsp3) is 0.176. The van der Waals surface area contributed by atoms with E-state index in [1.54, 1.807) is 0 Å². The molecule has 1 heteroatoms. The van der Waals surface area contributed by atoms with Gasteiger partial charge in [-0.3, -0.25) is 0 Å². The molecule has 0 aromatic heterocycles. The Morgan fingerprint density at radius 3 is 2.06 bits per heavy atom. The molecule has 2 aromatic carbocycles. The quantitative estimate of drug-likeness (QED) is 0.752. The van der Waals surface area contributed by atoms with Crippen molar-refractivity contribution in [3.05, 3.63) is 72.8 Å². The summed E-state index contributed by atoms with van der Waals surface area (Å²) in [5.41, 5.74) is 3.62. The fourth-order valence-corrected chi connectivity index (χ4v) is 2.02. The van der Waals surface area contributed by atoms with Gasteiger partial charge in [-0.15, -0.1) is 0 Å². The first-order valence-electron chi connectivity index (χ1n) is 6.34. The van der Waals surface area contributed by atoms with Crippen LogP contribution in [0.3, 0.4) is 0 Å². The Balaban J connectivity index is 2.10. The van der Waals surface area contributed by atoms with Crippen LogP contribution in [-0.2, 0) is 0 Å². The number of likely N-dealkylation sites (N-methyl/N-ethyl adjacent to an activating group) is 1. The van der Waals surface area contributed by atoms with E-state index in [2.05, 4.69) is 66.9 Å². The molecule has 0 aliphatic heterocycles. The summed E-state index contributed by atoms with van der Waals surface area (Å²) in [6.07, 6.45) is 0. The van der Waals surface area contributed by atoms with E-state index in [4.69, 9.17) is 0 Å². The van der Waals surface area contributed by atoms with Gasteiger partial charge in [0.25, 0.3) is 0 Å². The number of benzene rings is 2. The zero-order valence-corrected chi connectivity index (χ0v) is 10.8. The predicted octanol–water partition coefficient (Wildman–Crippen LogP) is 4.23. The smallest absolute Gasteiger partial charge is 0.0429 e. The molecule has 0 bridgehead atoms. The van der Waals surface area contributed by atoms with E-state index in [1.165, 1.54) is 11.3 Å². The summed E-state index contributed by atoms with van der Waals surface area (Å²) in [5.74, 6) is 0. The van der Waals surface area contributed by atoms with Crippen molar-refractivity contribution >= 4 is 11.3 Å². The average molecular weight is 237 g/mol. The molecule has 2 rings (SSSR count). The lowest BCUT2D eigenvalue weighted by atomic mass is 10.1. The first-order valence-corrected chi connectivity index (χ1v) is 6.34. The van der Waals surface area contributed by atoms with Gasteiger partial charge in [-0.2, -0.15) is 0 Å². The van der Waals surface area contributed by atoms with E-state index < -0.39 is 0 Å². The molecule has 0 aliphatic rings. The molecular formula is C17H19N. The van der Waals surface area contributed by atoms with Crippen LogP contribution in [0, 0.1) is 0 Å². The summed E-state index contributed by atoms with van der Waals surface area (Å²) in [6.45, 7) is 8.22. The van der Waals surface area contributed by atoms with Gasteiger partial charge in [0.1, 0.15) is 0 Å². The molecule has 0 unspecified atom stereocenters. The van der Waals surface area contributed by atoms with Gasteiger partial charge < -0.3 is 4.90 Å². The predicted molar refractivity (Wildman–Crippen MR) is 79.8 cm³/mol. The average Bonchev–Trinajstić information content (AvgIpc) is 2.46.